The van der Waals surface area contributed by atoms with Crippen molar-refractivity contribution in [3.63, 3.8) is 0 Å². The van der Waals surface area contributed by atoms with Gasteiger partial charge in [-0.25, -0.2) is 4.98 Å². The maximum Gasteiger partial charge on any atom is 0.167 e. The van der Waals surface area contributed by atoms with Crippen LogP contribution in [0.1, 0.15) is 5.01 Å². The minimum absolute atomic E-state index is 0.759. The molecule has 0 aromatic carbocycles. The van der Waals surface area contributed by atoms with Crippen molar-refractivity contribution >= 4 is 33.9 Å². The first-order valence-electron chi connectivity index (χ1n) is 1.90. The molecule has 0 amide bonds. The van der Waals surface area contributed by atoms with Crippen LogP contribution in [0.15, 0.2) is 5.38 Å². The van der Waals surface area contributed by atoms with Crippen molar-refractivity contribution in [1.82, 2.24) is 4.98 Å². The first kappa shape index (κ1) is 6.05. The van der Waals surface area contributed by atoms with Gasteiger partial charge in [-0.05, 0) is 28.5 Å². The molecule has 0 atom stereocenters. The molecule has 0 aliphatic carbocycles. The molecule has 0 N–H and O–H groups in total. The fourth-order valence-corrected chi connectivity index (χ4v) is 1.59. The number of rotatable bonds is 0. The molecule has 0 bridgehead atoms. The monoisotopic (exact) mass is 235 g/mol. The number of halogens is 1. The molecule has 40 valence electrons. The average Bonchev–Trinajstić information content (AvgIpc) is 2.14. The molecule has 0 unspecified atom stereocenters. The minimum Gasteiger partial charge on any atom is -0.222 e. The maximum atomic E-state index is 5.06. The summed E-state index contributed by atoms with van der Waals surface area (Å²) < 4.78 is 0.973. The molecular weight excluding hydrogens is 233 g/mol. The summed E-state index contributed by atoms with van der Waals surface area (Å²) >= 11 is 3.62. The number of aromatic nitrogens is 1. The zero-order valence-electron chi connectivity index (χ0n) is 3.89. The summed E-state index contributed by atoms with van der Waals surface area (Å²) in [5.41, 5.74) is 0. The van der Waals surface area contributed by atoms with Crippen molar-refractivity contribution in [2.24, 2.45) is 0 Å². The Labute approximate surface area is 65.3 Å². The number of thiazole rings is 1. The van der Waals surface area contributed by atoms with E-state index in [1.54, 1.807) is 0 Å². The van der Waals surface area contributed by atoms with Crippen LogP contribution in [-0.2, 0) is 0 Å². The van der Waals surface area contributed by atoms with Gasteiger partial charge in [-0.3, -0.25) is 0 Å². The smallest absolute Gasteiger partial charge is 0.167 e. The highest BCUT2D eigenvalue weighted by Gasteiger charge is 1.91. The third-order valence-electron chi connectivity index (χ3n) is 0.600. The van der Waals surface area contributed by atoms with Crippen molar-refractivity contribution in [2.75, 3.05) is 0 Å². The second-order valence-corrected chi connectivity index (χ2v) is 3.08. The molecule has 3 heteroatoms. The Morgan fingerprint density at radius 1 is 1.88 bits per heavy atom. The summed E-state index contributed by atoms with van der Waals surface area (Å²) in [4.78, 5) is 4.00. The van der Waals surface area contributed by atoms with Crippen LogP contribution in [0.3, 0.4) is 0 Å². The summed E-state index contributed by atoms with van der Waals surface area (Å²) in [5.74, 6) is 2.45. The predicted octanol–water partition coefficient (Wildman–Crippen LogP) is 1.73. The van der Waals surface area contributed by atoms with Gasteiger partial charge in [-0.2, -0.15) is 0 Å². The van der Waals surface area contributed by atoms with Gasteiger partial charge < -0.3 is 0 Å². The van der Waals surface area contributed by atoms with E-state index in [0.717, 1.165) is 8.71 Å². The van der Waals surface area contributed by atoms with Gasteiger partial charge in [0.2, 0.25) is 0 Å². The van der Waals surface area contributed by atoms with Crippen molar-refractivity contribution in [1.29, 1.82) is 0 Å². The van der Waals surface area contributed by atoms with E-state index in [0.29, 0.717) is 0 Å². The number of hydrogen-bond acceptors (Lipinski definition) is 2. The molecule has 0 saturated carbocycles. The zero-order chi connectivity index (χ0) is 5.98. The summed E-state index contributed by atoms with van der Waals surface area (Å²) in [6.07, 6.45) is 5.06. The predicted molar refractivity (Wildman–Crippen MR) is 42.8 cm³/mol. The lowest BCUT2D eigenvalue weighted by Gasteiger charge is -1.69. The quantitative estimate of drug-likeness (QED) is 0.493. The van der Waals surface area contributed by atoms with E-state index < -0.39 is 0 Å². The van der Waals surface area contributed by atoms with Gasteiger partial charge in [0.1, 0.15) is 3.70 Å². The Hall–Kier alpha value is -0.0800. The SMILES string of the molecule is C#Cc1nc(I)cs1. The highest BCUT2D eigenvalue weighted by Crippen LogP contribution is 2.09. The Morgan fingerprint density at radius 3 is 2.88 bits per heavy atom. The standard InChI is InChI=1S/C5H2INS/c1-2-5-7-4(6)3-8-5/h1,3H. The van der Waals surface area contributed by atoms with E-state index in [1.807, 2.05) is 5.38 Å². The second-order valence-electron chi connectivity index (χ2n) is 1.12. The van der Waals surface area contributed by atoms with Crippen LogP contribution in [0.2, 0.25) is 0 Å². The molecule has 1 aromatic heterocycles. The Balaban J connectivity index is 3.05. The summed E-state index contributed by atoms with van der Waals surface area (Å²) in [7, 11) is 0. The van der Waals surface area contributed by atoms with E-state index in [-0.39, 0.29) is 0 Å². The number of nitrogens with zero attached hydrogens (tertiary/aromatic N) is 1. The van der Waals surface area contributed by atoms with Crippen molar-refractivity contribution in [2.45, 2.75) is 0 Å². The van der Waals surface area contributed by atoms with Crippen LogP contribution in [0.5, 0.6) is 0 Å². The van der Waals surface area contributed by atoms with Gasteiger partial charge >= 0.3 is 0 Å². The lowest BCUT2D eigenvalue weighted by atomic mass is 10.7. The van der Waals surface area contributed by atoms with Gasteiger partial charge in [0, 0.05) is 5.38 Å². The van der Waals surface area contributed by atoms with Crippen molar-refractivity contribution < 1.29 is 0 Å². The maximum absolute atomic E-state index is 5.06. The lowest BCUT2D eigenvalue weighted by Crippen LogP contribution is -1.68. The van der Waals surface area contributed by atoms with Crippen LogP contribution >= 0.6 is 33.9 Å². The van der Waals surface area contributed by atoms with E-state index in [1.165, 1.54) is 11.3 Å². The highest BCUT2D eigenvalue weighted by molar-refractivity contribution is 14.1. The van der Waals surface area contributed by atoms with E-state index in [2.05, 4.69) is 33.5 Å². The van der Waals surface area contributed by atoms with Gasteiger partial charge in [0.15, 0.2) is 5.01 Å². The molecule has 0 spiro atoms. The van der Waals surface area contributed by atoms with Crippen LogP contribution in [-0.4, -0.2) is 4.98 Å². The average molecular weight is 235 g/mol. The third-order valence-corrected chi connectivity index (χ3v) is 2.35. The van der Waals surface area contributed by atoms with E-state index >= 15 is 0 Å². The molecule has 1 nitrogen and oxygen atoms in total. The Bertz CT molecular complexity index is 223. The molecule has 0 saturated heterocycles. The van der Waals surface area contributed by atoms with Crippen LogP contribution in [0.25, 0.3) is 0 Å². The highest BCUT2D eigenvalue weighted by atomic mass is 127. The first-order chi connectivity index (χ1) is 3.83. The summed E-state index contributed by atoms with van der Waals surface area (Å²) in [5, 5.41) is 2.69. The molecule has 0 radical (unpaired) electrons. The molecule has 1 rings (SSSR count). The number of hydrogen-bond donors (Lipinski definition) is 0. The van der Waals surface area contributed by atoms with Gasteiger partial charge in [0.25, 0.3) is 0 Å². The normalized spacial score (nSPS) is 8.50. The topological polar surface area (TPSA) is 12.9 Å². The van der Waals surface area contributed by atoms with Crippen LogP contribution < -0.4 is 0 Å². The molecule has 1 heterocycles. The van der Waals surface area contributed by atoms with E-state index in [4.69, 9.17) is 6.42 Å². The third kappa shape index (κ3) is 1.20. The first-order valence-corrected chi connectivity index (χ1v) is 3.86. The summed E-state index contributed by atoms with van der Waals surface area (Å²) in [6, 6.07) is 0. The van der Waals surface area contributed by atoms with Gasteiger partial charge in [-0.1, -0.05) is 0 Å². The fraction of sp³-hybridized carbons (Fsp3) is 0. The second kappa shape index (κ2) is 2.46. The fourth-order valence-electron chi connectivity index (χ4n) is 0.320. The summed E-state index contributed by atoms with van der Waals surface area (Å²) in [6.45, 7) is 0. The van der Waals surface area contributed by atoms with Crippen molar-refractivity contribution in [3.8, 4) is 12.3 Å². The number of terminal acetylenes is 1. The Kier molecular flexibility index (Phi) is 1.86. The largest absolute Gasteiger partial charge is 0.222 e. The zero-order valence-corrected chi connectivity index (χ0v) is 6.86. The molecular formula is C5H2INS. The van der Waals surface area contributed by atoms with Crippen LogP contribution in [0, 0.1) is 16.0 Å². The van der Waals surface area contributed by atoms with Crippen LogP contribution in [0.4, 0.5) is 0 Å². The van der Waals surface area contributed by atoms with Gasteiger partial charge in [-0.15, -0.1) is 17.8 Å². The van der Waals surface area contributed by atoms with Gasteiger partial charge in [0.05, 0.1) is 0 Å². The molecule has 0 fully saturated rings. The van der Waals surface area contributed by atoms with E-state index in [9.17, 15) is 0 Å². The molecule has 0 aliphatic heterocycles. The molecule has 1 aromatic rings. The molecule has 0 aliphatic rings. The van der Waals surface area contributed by atoms with Crippen molar-refractivity contribution in [3.05, 3.63) is 14.1 Å². The Morgan fingerprint density at radius 2 is 2.62 bits per heavy atom. The lowest BCUT2D eigenvalue weighted by molar-refractivity contribution is 1.33. The molecule has 8 heavy (non-hydrogen) atoms. The minimum atomic E-state index is 0.759.